The van der Waals surface area contributed by atoms with Gasteiger partial charge in [0.2, 0.25) is 0 Å². The van der Waals surface area contributed by atoms with E-state index in [-0.39, 0.29) is 5.56 Å². The predicted molar refractivity (Wildman–Crippen MR) is 58.2 cm³/mol. The number of halogens is 3. The van der Waals surface area contributed by atoms with E-state index in [1.54, 1.807) is 0 Å². The fraction of sp³-hybridized carbons (Fsp3) is 0.417. The Hall–Kier alpha value is -1.52. The molecule has 1 rings (SSSR count). The fourth-order valence-electron chi connectivity index (χ4n) is 1.40. The van der Waals surface area contributed by atoms with Crippen LogP contribution in [0.25, 0.3) is 0 Å². The number of amides is 1. The average Bonchev–Trinajstić information content (AvgIpc) is 2.31. The summed E-state index contributed by atoms with van der Waals surface area (Å²) in [6.45, 7) is 2.46. The van der Waals surface area contributed by atoms with Crippen molar-refractivity contribution in [1.29, 1.82) is 0 Å². The summed E-state index contributed by atoms with van der Waals surface area (Å²) >= 11 is 0. The van der Waals surface area contributed by atoms with Crippen molar-refractivity contribution in [1.82, 2.24) is 4.90 Å². The smallest absolute Gasteiger partial charge is 0.253 e. The molecule has 94 valence electrons. The van der Waals surface area contributed by atoms with Gasteiger partial charge in [-0.2, -0.15) is 0 Å². The van der Waals surface area contributed by atoms with E-state index in [1.165, 1.54) is 11.9 Å². The third-order valence-electron chi connectivity index (χ3n) is 2.42. The molecule has 0 spiro atoms. The van der Waals surface area contributed by atoms with Crippen molar-refractivity contribution in [2.75, 3.05) is 13.6 Å². The van der Waals surface area contributed by atoms with Crippen LogP contribution < -0.4 is 0 Å². The molecule has 0 aliphatic carbocycles. The second-order valence-electron chi connectivity index (χ2n) is 3.83. The van der Waals surface area contributed by atoms with Crippen LogP contribution in [-0.4, -0.2) is 24.4 Å². The number of hydrogen-bond donors (Lipinski definition) is 0. The van der Waals surface area contributed by atoms with Crippen molar-refractivity contribution in [3.63, 3.8) is 0 Å². The van der Waals surface area contributed by atoms with Crippen LogP contribution in [-0.2, 0) is 0 Å². The molecule has 1 aromatic rings. The van der Waals surface area contributed by atoms with Crippen LogP contribution in [0, 0.1) is 17.5 Å². The van der Waals surface area contributed by atoms with Crippen molar-refractivity contribution in [3.05, 3.63) is 35.1 Å². The summed E-state index contributed by atoms with van der Waals surface area (Å²) in [5.41, 5.74) is -0.181. The summed E-state index contributed by atoms with van der Waals surface area (Å²) in [6, 6.07) is 1.42. The molecular weight excluding hydrogens is 231 g/mol. The highest BCUT2D eigenvalue weighted by Gasteiger charge is 2.17. The number of carbonyl (C=O) groups is 1. The van der Waals surface area contributed by atoms with E-state index in [1.807, 2.05) is 6.92 Å². The van der Waals surface area contributed by atoms with E-state index in [0.29, 0.717) is 18.7 Å². The molecule has 0 saturated carbocycles. The molecule has 17 heavy (non-hydrogen) atoms. The lowest BCUT2D eigenvalue weighted by molar-refractivity contribution is 0.0792. The van der Waals surface area contributed by atoms with Gasteiger partial charge in [0.05, 0.1) is 0 Å². The van der Waals surface area contributed by atoms with Crippen molar-refractivity contribution >= 4 is 5.91 Å². The van der Waals surface area contributed by atoms with Gasteiger partial charge in [-0.25, -0.2) is 13.2 Å². The van der Waals surface area contributed by atoms with Crippen molar-refractivity contribution in [2.45, 2.75) is 19.8 Å². The normalized spacial score (nSPS) is 10.4. The molecular formula is C12H14F3NO. The van der Waals surface area contributed by atoms with E-state index in [4.69, 9.17) is 0 Å². The summed E-state index contributed by atoms with van der Waals surface area (Å²) in [7, 11) is 1.54. The topological polar surface area (TPSA) is 20.3 Å². The van der Waals surface area contributed by atoms with Crippen molar-refractivity contribution in [2.24, 2.45) is 0 Å². The van der Waals surface area contributed by atoms with Gasteiger partial charge in [-0.15, -0.1) is 0 Å². The first-order valence-corrected chi connectivity index (χ1v) is 5.37. The number of hydrogen-bond acceptors (Lipinski definition) is 1. The summed E-state index contributed by atoms with van der Waals surface area (Å²) in [5.74, 6) is -4.77. The molecule has 0 bridgehead atoms. The second kappa shape index (κ2) is 5.70. The van der Waals surface area contributed by atoms with Gasteiger partial charge >= 0.3 is 0 Å². The van der Waals surface area contributed by atoms with Crippen LogP contribution >= 0.6 is 0 Å². The SMILES string of the molecule is CCCCN(C)C(=O)c1cc(F)c(F)c(F)c1. The lowest BCUT2D eigenvalue weighted by Crippen LogP contribution is -2.28. The van der Waals surface area contributed by atoms with Crippen LogP contribution in [0.4, 0.5) is 13.2 Å². The lowest BCUT2D eigenvalue weighted by Gasteiger charge is -2.16. The Balaban J connectivity index is 2.89. The van der Waals surface area contributed by atoms with E-state index in [2.05, 4.69) is 0 Å². The van der Waals surface area contributed by atoms with Crippen LogP contribution in [0.15, 0.2) is 12.1 Å². The maximum Gasteiger partial charge on any atom is 0.253 e. The molecule has 0 saturated heterocycles. The highest BCUT2D eigenvalue weighted by molar-refractivity contribution is 5.94. The zero-order valence-electron chi connectivity index (χ0n) is 9.77. The van der Waals surface area contributed by atoms with Crippen LogP contribution in [0.5, 0.6) is 0 Å². The summed E-state index contributed by atoms with van der Waals surface area (Å²) in [4.78, 5) is 13.1. The molecule has 0 heterocycles. The quantitative estimate of drug-likeness (QED) is 0.747. The molecule has 2 nitrogen and oxygen atoms in total. The third kappa shape index (κ3) is 3.22. The zero-order chi connectivity index (χ0) is 13.0. The Morgan fingerprint density at radius 1 is 1.24 bits per heavy atom. The number of nitrogens with zero attached hydrogens (tertiary/aromatic N) is 1. The van der Waals surface area contributed by atoms with E-state index < -0.39 is 23.4 Å². The summed E-state index contributed by atoms with van der Waals surface area (Å²) in [6.07, 6.45) is 1.71. The van der Waals surface area contributed by atoms with Crippen molar-refractivity contribution < 1.29 is 18.0 Å². The Morgan fingerprint density at radius 3 is 2.24 bits per heavy atom. The Labute approximate surface area is 98.0 Å². The average molecular weight is 245 g/mol. The summed E-state index contributed by atoms with van der Waals surface area (Å²) in [5, 5.41) is 0. The van der Waals surface area contributed by atoms with E-state index in [9.17, 15) is 18.0 Å². The standard InChI is InChI=1S/C12H14F3NO/c1-3-4-5-16(2)12(17)8-6-9(13)11(15)10(14)7-8/h6-7H,3-5H2,1-2H3. The van der Waals surface area contributed by atoms with Gasteiger partial charge < -0.3 is 4.90 Å². The predicted octanol–water partition coefficient (Wildman–Crippen LogP) is 2.98. The maximum absolute atomic E-state index is 12.9. The molecule has 0 atom stereocenters. The van der Waals surface area contributed by atoms with E-state index in [0.717, 1.165) is 12.8 Å². The minimum absolute atomic E-state index is 0.181. The Morgan fingerprint density at radius 2 is 1.76 bits per heavy atom. The first-order valence-electron chi connectivity index (χ1n) is 5.37. The number of carbonyl (C=O) groups excluding carboxylic acids is 1. The minimum Gasteiger partial charge on any atom is -0.342 e. The molecule has 1 aromatic carbocycles. The molecule has 0 aliphatic rings. The number of unbranched alkanes of at least 4 members (excludes halogenated alkanes) is 1. The first kappa shape index (κ1) is 13.5. The first-order chi connectivity index (χ1) is 7.97. The molecule has 5 heteroatoms. The Bertz CT molecular complexity index is 397. The van der Waals surface area contributed by atoms with Gasteiger partial charge in [-0.05, 0) is 18.6 Å². The third-order valence-corrected chi connectivity index (χ3v) is 2.42. The largest absolute Gasteiger partial charge is 0.342 e. The minimum atomic E-state index is -1.56. The molecule has 1 amide bonds. The molecule has 0 N–H and O–H groups in total. The van der Waals surface area contributed by atoms with Gasteiger partial charge in [-0.1, -0.05) is 13.3 Å². The van der Waals surface area contributed by atoms with Gasteiger partial charge in [0.1, 0.15) is 0 Å². The zero-order valence-corrected chi connectivity index (χ0v) is 9.77. The number of benzene rings is 1. The fourth-order valence-corrected chi connectivity index (χ4v) is 1.40. The Kier molecular flexibility index (Phi) is 4.54. The molecule has 0 aromatic heterocycles. The maximum atomic E-state index is 12.9. The van der Waals surface area contributed by atoms with E-state index >= 15 is 0 Å². The monoisotopic (exact) mass is 245 g/mol. The van der Waals surface area contributed by atoms with Gasteiger partial charge in [-0.3, -0.25) is 4.79 Å². The van der Waals surface area contributed by atoms with Crippen LogP contribution in [0.1, 0.15) is 30.1 Å². The van der Waals surface area contributed by atoms with Gasteiger partial charge in [0.25, 0.3) is 5.91 Å². The van der Waals surface area contributed by atoms with Crippen LogP contribution in [0.2, 0.25) is 0 Å². The molecule has 0 fully saturated rings. The lowest BCUT2D eigenvalue weighted by atomic mass is 10.1. The van der Waals surface area contributed by atoms with Crippen molar-refractivity contribution in [3.8, 4) is 0 Å². The summed E-state index contributed by atoms with van der Waals surface area (Å²) < 4.78 is 38.6. The number of rotatable bonds is 4. The van der Waals surface area contributed by atoms with Gasteiger partial charge in [0, 0.05) is 19.2 Å². The van der Waals surface area contributed by atoms with Gasteiger partial charge in [0.15, 0.2) is 17.5 Å². The highest BCUT2D eigenvalue weighted by atomic mass is 19.2. The second-order valence-corrected chi connectivity index (χ2v) is 3.83. The highest BCUT2D eigenvalue weighted by Crippen LogP contribution is 2.15. The molecule has 0 unspecified atom stereocenters. The molecule has 0 aliphatic heterocycles. The van der Waals surface area contributed by atoms with Crippen LogP contribution in [0.3, 0.4) is 0 Å². The molecule has 0 radical (unpaired) electrons.